The van der Waals surface area contributed by atoms with E-state index in [9.17, 15) is 18.3 Å². The highest BCUT2D eigenvalue weighted by molar-refractivity contribution is 7.97. The van der Waals surface area contributed by atoms with Crippen LogP contribution in [0, 0.1) is 0 Å². The molecule has 0 spiro atoms. The van der Waals surface area contributed by atoms with E-state index in [1.807, 2.05) is 91.0 Å². The zero-order chi connectivity index (χ0) is 23.1. The molecular formula is C26H25NO4PS+. The van der Waals surface area contributed by atoms with Gasteiger partial charge in [-0.25, -0.2) is 8.42 Å². The second-order valence-corrected chi connectivity index (χ2v) is 13.7. The molecule has 2 heterocycles. The van der Waals surface area contributed by atoms with Crippen molar-refractivity contribution in [1.29, 1.82) is 0 Å². The number of hydrogen-bond donors (Lipinski definition) is 1. The van der Waals surface area contributed by atoms with Crippen molar-refractivity contribution in [2.75, 3.05) is 12.7 Å². The number of aliphatic hydroxyl groups is 1. The standard InChI is InChI=1S/C26H24NO4PS/c28-24(26-25(29)23-17-10-18-27(23)33(26,30)31)19-32(20-11-4-1-5-12-20,21-13-6-2-7-14-21)22-15-8-3-9-16-22/h1-9,11-16,23H,10,17-19H2/p+1. The third-order valence-corrected chi connectivity index (χ3v) is 12.9. The molecule has 168 valence electrons. The van der Waals surface area contributed by atoms with E-state index in [-0.39, 0.29) is 11.9 Å². The van der Waals surface area contributed by atoms with Crippen LogP contribution in [0.25, 0.3) is 0 Å². The normalized spacial score (nSPS) is 20.1. The molecule has 3 aromatic rings. The molecule has 5 nitrogen and oxygen atoms in total. The Kier molecular flexibility index (Phi) is 5.69. The van der Waals surface area contributed by atoms with Crippen LogP contribution < -0.4 is 15.9 Å². The number of nitrogens with zero attached hydrogens (tertiary/aromatic N) is 1. The zero-order valence-corrected chi connectivity index (χ0v) is 19.8. The first kappa shape index (κ1) is 22.0. The van der Waals surface area contributed by atoms with Crippen molar-refractivity contribution in [3.8, 4) is 0 Å². The van der Waals surface area contributed by atoms with E-state index >= 15 is 0 Å². The number of ketones is 1. The molecule has 2 aliphatic heterocycles. The van der Waals surface area contributed by atoms with Gasteiger partial charge in [-0.05, 0) is 49.2 Å². The van der Waals surface area contributed by atoms with Gasteiger partial charge in [-0.3, -0.25) is 4.79 Å². The van der Waals surface area contributed by atoms with Crippen molar-refractivity contribution in [3.05, 3.63) is 102 Å². The van der Waals surface area contributed by atoms with Gasteiger partial charge in [0.2, 0.25) is 5.78 Å². The van der Waals surface area contributed by atoms with Crippen molar-refractivity contribution < 1.29 is 18.3 Å². The molecule has 3 aromatic carbocycles. The van der Waals surface area contributed by atoms with E-state index in [4.69, 9.17) is 0 Å². The minimum Gasteiger partial charge on any atom is -0.509 e. The lowest BCUT2D eigenvalue weighted by molar-refractivity contribution is -0.112. The molecular weight excluding hydrogens is 453 g/mol. The van der Waals surface area contributed by atoms with Gasteiger partial charge in [0, 0.05) is 6.54 Å². The summed E-state index contributed by atoms with van der Waals surface area (Å²) in [5.74, 6) is -0.809. The quantitative estimate of drug-likeness (QED) is 0.553. The molecule has 0 amide bonds. The zero-order valence-electron chi connectivity index (χ0n) is 18.0. The minimum atomic E-state index is -4.00. The van der Waals surface area contributed by atoms with Crippen LogP contribution in [0.4, 0.5) is 0 Å². The second kappa shape index (κ2) is 8.53. The average Bonchev–Trinajstić information content (AvgIpc) is 3.41. The number of aliphatic hydroxyl groups excluding tert-OH is 1. The number of hydrogen-bond acceptors (Lipinski definition) is 4. The molecule has 5 rings (SSSR count). The van der Waals surface area contributed by atoms with Gasteiger partial charge in [0.05, 0.1) is 6.04 Å². The number of fused-ring (bicyclic) bond motifs is 1. The Labute approximate surface area is 194 Å². The fraction of sp³-hybridized carbons (Fsp3) is 0.192. The number of Topliss-reactive ketones (excluding diaryl/α,β-unsaturated/α-hetero) is 1. The summed E-state index contributed by atoms with van der Waals surface area (Å²) in [6, 6.07) is 28.9. The average molecular weight is 479 g/mol. The SMILES string of the molecule is O=C(C[P+](c1ccccc1)(c1ccccc1)c1ccccc1)C1=C(O)C2CCCN2S1(=O)=O. The second-order valence-electron chi connectivity index (χ2n) is 8.39. The molecule has 33 heavy (non-hydrogen) atoms. The highest BCUT2D eigenvalue weighted by atomic mass is 32.2. The number of carbonyl (C=O) groups is 1. The lowest BCUT2D eigenvalue weighted by Gasteiger charge is -2.27. The van der Waals surface area contributed by atoms with Crippen LogP contribution in [0.1, 0.15) is 12.8 Å². The number of rotatable bonds is 6. The van der Waals surface area contributed by atoms with Crippen LogP contribution in [-0.4, -0.2) is 42.4 Å². The smallest absolute Gasteiger partial charge is 0.250 e. The maximum Gasteiger partial charge on any atom is 0.250 e. The van der Waals surface area contributed by atoms with Gasteiger partial charge in [-0.2, -0.15) is 4.31 Å². The van der Waals surface area contributed by atoms with Crippen LogP contribution in [0.15, 0.2) is 102 Å². The van der Waals surface area contributed by atoms with E-state index in [1.54, 1.807) is 0 Å². The van der Waals surface area contributed by atoms with Gasteiger partial charge in [0.1, 0.15) is 35.1 Å². The number of carbonyl (C=O) groups excluding carboxylic acids is 1. The van der Waals surface area contributed by atoms with Gasteiger partial charge in [-0.1, -0.05) is 54.6 Å². The molecule has 0 bridgehead atoms. The highest BCUT2D eigenvalue weighted by Gasteiger charge is 2.54. The molecule has 1 saturated heterocycles. The Morgan fingerprint density at radius 2 is 1.30 bits per heavy atom. The first-order chi connectivity index (χ1) is 16.0. The van der Waals surface area contributed by atoms with Crippen LogP contribution in [0.5, 0.6) is 0 Å². The molecule has 0 aromatic heterocycles. The molecule has 0 saturated carbocycles. The first-order valence-electron chi connectivity index (χ1n) is 11.0. The summed E-state index contributed by atoms with van der Waals surface area (Å²) >= 11 is 0. The molecule has 2 aliphatic rings. The Balaban J connectivity index is 1.71. The van der Waals surface area contributed by atoms with Crippen molar-refractivity contribution in [1.82, 2.24) is 4.31 Å². The Bertz CT molecular complexity index is 1210. The monoisotopic (exact) mass is 478 g/mol. The highest BCUT2D eigenvalue weighted by Crippen LogP contribution is 2.56. The maximum atomic E-state index is 13.8. The van der Waals surface area contributed by atoms with E-state index in [1.165, 1.54) is 4.31 Å². The number of sulfonamides is 1. The van der Waals surface area contributed by atoms with E-state index in [2.05, 4.69) is 0 Å². The van der Waals surface area contributed by atoms with Crippen LogP contribution >= 0.6 is 7.26 Å². The van der Waals surface area contributed by atoms with Crippen molar-refractivity contribution in [3.63, 3.8) is 0 Å². The third kappa shape index (κ3) is 3.54. The topological polar surface area (TPSA) is 74.7 Å². The van der Waals surface area contributed by atoms with E-state index in [0.717, 1.165) is 15.9 Å². The predicted octanol–water partition coefficient (Wildman–Crippen LogP) is 3.13. The van der Waals surface area contributed by atoms with Gasteiger partial charge < -0.3 is 5.11 Å². The first-order valence-corrected chi connectivity index (χ1v) is 14.4. The fourth-order valence-corrected chi connectivity index (χ4v) is 11.1. The molecule has 7 heteroatoms. The summed E-state index contributed by atoms with van der Waals surface area (Å²) in [5.41, 5.74) is 0. The van der Waals surface area contributed by atoms with Crippen LogP contribution in [-0.2, 0) is 14.8 Å². The molecule has 0 radical (unpaired) electrons. The fourth-order valence-electron chi connectivity index (χ4n) is 5.04. The Morgan fingerprint density at radius 1 is 0.848 bits per heavy atom. The summed E-state index contributed by atoms with van der Waals surface area (Å²) in [7, 11) is -6.55. The number of allylic oxidation sites excluding steroid dienone is 1. The molecule has 1 unspecified atom stereocenters. The van der Waals surface area contributed by atoms with E-state index in [0.29, 0.717) is 19.4 Å². The number of benzene rings is 3. The molecule has 1 fully saturated rings. The van der Waals surface area contributed by atoms with Crippen molar-refractivity contribution in [2.45, 2.75) is 18.9 Å². The van der Waals surface area contributed by atoms with Gasteiger partial charge in [0.25, 0.3) is 10.0 Å². The lowest BCUT2D eigenvalue weighted by atomic mass is 10.1. The van der Waals surface area contributed by atoms with Crippen LogP contribution in [0.2, 0.25) is 0 Å². The lowest BCUT2D eigenvalue weighted by Crippen LogP contribution is -2.37. The van der Waals surface area contributed by atoms with Gasteiger partial charge in [-0.15, -0.1) is 0 Å². The van der Waals surface area contributed by atoms with E-state index < -0.39 is 34.0 Å². The summed E-state index contributed by atoms with van der Waals surface area (Å²) in [6.45, 7) is 0.337. The van der Waals surface area contributed by atoms with Crippen molar-refractivity contribution in [2.24, 2.45) is 0 Å². The summed E-state index contributed by atoms with van der Waals surface area (Å²) in [6.07, 6.45) is 1.22. The van der Waals surface area contributed by atoms with Gasteiger partial charge >= 0.3 is 0 Å². The summed E-state index contributed by atoms with van der Waals surface area (Å²) in [5, 5.41) is 13.8. The maximum absolute atomic E-state index is 13.8. The Morgan fingerprint density at radius 3 is 1.73 bits per heavy atom. The van der Waals surface area contributed by atoms with Crippen molar-refractivity contribution >= 4 is 39.0 Å². The van der Waals surface area contributed by atoms with Crippen LogP contribution in [0.3, 0.4) is 0 Å². The summed E-state index contributed by atoms with van der Waals surface area (Å²) < 4.78 is 27.7. The molecule has 0 aliphatic carbocycles. The largest absolute Gasteiger partial charge is 0.509 e. The molecule has 1 N–H and O–H groups in total. The minimum absolute atomic E-state index is 0.00970. The predicted molar refractivity (Wildman–Crippen MR) is 133 cm³/mol. The molecule has 1 atom stereocenters. The third-order valence-electron chi connectivity index (χ3n) is 6.54. The van der Waals surface area contributed by atoms with Gasteiger partial charge in [0.15, 0.2) is 4.91 Å². The Hall–Kier alpha value is -2.79. The summed E-state index contributed by atoms with van der Waals surface area (Å²) in [4.78, 5) is 13.4.